The zero-order valence-corrected chi connectivity index (χ0v) is 17.8. The van der Waals surface area contributed by atoms with Crippen LogP contribution in [-0.2, 0) is 13.0 Å². The molecule has 0 atom stereocenters. The summed E-state index contributed by atoms with van der Waals surface area (Å²) >= 11 is 1.74. The normalized spacial score (nSPS) is 11.0. The summed E-state index contributed by atoms with van der Waals surface area (Å²) in [4.78, 5) is 11.4. The standard InChI is InChI=1S/C18H26N4S.HI/c1-4-19-18(22(3)13-16-9-6-5-7-10-16)20-12-8-11-17-21-15(2)14-23-17;/h5-7,9-10,14H,4,8,11-13H2,1-3H3,(H,19,20);1H. The summed E-state index contributed by atoms with van der Waals surface area (Å²) in [7, 11) is 2.08. The Hall–Kier alpha value is -1.15. The van der Waals surface area contributed by atoms with Crippen LogP contribution in [0.2, 0.25) is 0 Å². The number of aryl methyl sites for hydroxylation is 2. The predicted octanol–water partition coefficient (Wildman–Crippen LogP) is 4.10. The van der Waals surface area contributed by atoms with Crippen molar-refractivity contribution in [1.82, 2.24) is 15.2 Å². The summed E-state index contributed by atoms with van der Waals surface area (Å²) in [5.74, 6) is 0.965. The van der Waals surface area contributed by atoms with Crippen molar-refractivity contribution in [2.24, 2.45) is 4.99 Å². The summed E-state index contributed by atoms with van der Waals surface area (Å²) in [6.07, 6.45) is 2.03. The van der Waals surface area contributed by atoms with Crippen molar-refractivity contribution >= 4 is 41.3 Å². The second-order valence-corrected chi connectivity index (χ2v) is 6.51. The third kappa shape index (κ3) is 7.17. The van der Waals surface area contributed by atoms with Gasteiger partial charge in [0.15, 0.2) is 5.96 Å². The number of benzene rings is 1. The van der Waals surface area contributed by atoms with Gasteiger partial charge in [-0.25, -0.2) is 4.98 Å². The number of nitrogens with zero attached hydrogens (tertiary/aromatic N) is 3. The van der Waals surface area contributed by atoms with Gasteiger partial charge < -0.3 is 10.2 Å². The average molecular weight is 458 g/mol. The molecule has 1 N–H and O–H groups in total. The van der Waals surface area contributed by atoms with Crippen molar-refractivity contribution in [2.45, 2.75) is 33.2 Å². The molecule has 1 heterocycles. The van der Waals surface area contributed by atoms with Crippen LogP contribution in [0.4, 0.5) is 0 Å². The van der Waals surface area contributed by atoms with Crippen LogP contribution >= 0.6 is 35.3 Å². The van der Waals surface area contributed by atoms with E-state index in [1.807, 2.05) is 13.0 Å². The van der Waals surface area contributed by atoms with Gasteiger partial charge in [-0.05, 0) is 25.8 Å². The molecule has 0 amide bonds. The number of hydrogen-bond donors (Lipinski definition) is 1. The maximum absolute atomic E-state index is 4.74. The second kappa shape index (κ2) is 11.4. The van der Waals surface area contributed by atoms with Crippen molar-refractivity contribution in [3.8, 4) is 0 Å². The fraction of sp³-hybridized carbons (Fsp3) is 0.444. The first-order chi connectivity index (χ1) is 11.2. The fourth-order valence-electron chi connectivity index (χ4n) is 2.33. The van der Waals surface area contributed by atoms with E-state index in [0.29, 0.717) is 0 Å². The van der Waals surface area contributed by atoms with E-state index >= 15 is 0 Å². The van der Waals surface area contributed by atoms with Crippen LogP contribution in [0.1, 0.15) is 29.6 Å². The number of aromatic nitrogens is 1. The molecule has 132 valence electrons. The number of nitrogens with one attached hydrogen (secondary N) is 1. The number of aliphatic imine (C=N–C) groups is 1. The molecule has 2 rings (SSSR count). The lowest BCUT2D eigenvalue weighted by molar-refractivity contribution is 0.476. The minimum atomic E-state index is 0. The van der Waals surface area contributed by atoms with E-state index in [-0.39, 0.29) is 24.0 Å². The van der Waals surface area contributed by atoms with E-state index in [9.17, 15) is 0 Å². The van der Waals surface area contributed by atoms with Gasteiger partial charge in [-0.2, -0.15) is 0 Å². The Kier molecular flexibility index (Phi) is 9.94. The third-order valence-electron chi connectivity index (χ3n) is 3.44. The molecule has 0 spiro atoms. The Balaban J connectivity index is 0.00000288. The molecule has 0 radical (unpaired) electrons. The Bertz CT molecular complexity index is 612. The van der Waals surface area contributed by atoms with Crippen LogP contribution in [0, 0.1) is 6.92 Å². The molecule has 2 aromatic rings. The van der Waals surface area contributed by atoms with E-state index in [1.54, 1.807) is 11.3 Å². The quantitative estimate of drug-likeness (QED) is 0.294. The van der Waals surface area contributed by atoms with Crippen LogP contribution in [-0.4, -0.2) is 36.0 Å². The van der Waals surface area contributed by atoms with Gasteiger partial charge in [0.2, 0.25) is 0 Å². The van der Waals surface area contributed by atoms with Crippen LogP contribution in [0.15, 0.2) is 40.7 Å². The van der Waals surface area contributed by atoms with Gasteiger partial charge in [-0.15, -0.1) is 35.3 Å². The maximum Gasteiger partial charge on any atom is 0.193 e. The average Bonchev–Trinajstić information content (AvgIpc) is 2.96. The maximum atomic E-state index is 4.74. The van der Waals surface area contributed by atoms with Crippen LogP contribution in [0.5, 0.6) is 0 Å². The predicted molar refractivity (Wildman–Crippen MR) is 114 cm³/mol. The molecule has 0 bridgehead atoms. The first-order valence-electron chi connectivity index (χ1n) is 8.13. The minimum absolute atomic E-state index is 0. The van der Waals surface area contributed by atoms with Crippen molar-refractivity contribution in [2.75, 3.05) is 20.1 Å². The monoisotopic (exact) mass is 458 g/mol. The van der Waals surface area contributed by atoms with E-state index in [4.69, 9.17) is 4.99 Å². The van der Waals surface area contributed by atoms with Crippen LogP contribution in [0.25, 0.3) is 0 Å². The molecule has 24 heavy (non-hydrogen) atoms. The van der Waals surface area contributed by atoms with E-state index in [2.05, 4.69) is 58.8 Å². The number of guanidine groups is 1. The summed E-state index contributed by atoms with van der Waals surface area (Å²) in [6.45, 7) is 6.70. The molecule has 1 aromatic heterocycles. The molecule has 6 heteroatoms. The first-order valence-corrected chi connectivity index (χ1v) is 9.01. The van der Waals surface area contributed by atoms with Gasteiger partial charge in [0.05, 0.1) is 5.01 Å². The van der Waals surface area contributed by atoms with Gasteiger partial charge >= 0.3 is 0 Å². The van der Waals surface area contributed by atoms with Crippen molar-refractivity contribution < 1.29 is 0 Å². The molecular formula is C18H27IN4S. The molecule has 1 aromatic carbocycles. The number of halogens is 1. The highest BCUT2D eigenvalue weighted by Crippen LogP contribution is 2.10. The van der Waals surface area contributed by atoms with Crippen molar-refractivity contribution in [3.05, 3.63) is 52.0 Å². The highest BCUT2D eigenvalue weighted by atomic mass is 127. The largest absolute Gasteiger partial charge is 0.357 e. The van der Waals surface area contributed by atoms with E-state index in [1.165, 1.54) is 10.6 Å². The number of hydrogen-bond acceptors (Lipinski definition) is 3. The lowest BCUT2D eigenvalue weighted by Gasteiger charge is -2.22. The zero-order valence-electron chi connectivity index (χ0n) is 14.7. The van der Waals surface area contributed by atoms with Crippen molar-refractivity contribution in [3.63, 3.8) is 0 Å². The van der Waals surface area contributed by atoms with Crippen LogP contribution < -0.4 is 5.32 Å². The molecule has 0 saturated carbocycles. The molecule has 0 aliphatic carbocycles. The zero-order chi connectivity index (χ0) is 16.5. The smallest absolute Gasteiger partial charge is 0.193 e. The van der Waals surface area contributed by atoms with Gasteiger partial charge in [0.25, 0.3) is 0 Å². The molecule has 0 unspecified atom stereocenters. The number of rotatable bonds is 7. The second-order valence-electron chi connectivity index (χ2n) is 5.56. The lowest BCUT2D eigenvalue weighted by Crippen LogP contribution is -2.38. The van der Waals surface area contributed by atoms with Gasteiger partial charge in [0, 0.05) is 44.2 Å². The lowest BCUT2D eigenvalue weighted by atomic mass is 10.2. The Morgan fingerprint density at radius 1 is 1.29 bits per heavy atom. The van der Waals surface area contributed by atoms with Crippen molar-refractivity contribution in [1.29, 1.82) is 0 Å². The van der Waals surface area contributed by atoms with Gasteiger partial charge in [-0.1, -0.05) is 30.3 Å². The molecule has 0 aliphatic heterocycles. The van der Waals surface area contributed by atoms with Crippen LogP contribution in [0.3, 0.4) is 0 Å². The molecule has 0 saturated heterocycles. The van der Waals surface area contributed by atoms with Gasteiger partial charge in [0.1, 0.15) is 0 Å². The molecule has 0 aliphatic rings. The Morgan fingerprint density at radius 2 is 2.04 bits per heavy atom. The molecular weight excluding hydrogens is 431 g/mol. The highest BCUT2D eigenvalue weighted by Gasteiger charge is 2.06. The summed E-state index contributed by atoms with van der Waals surface area (Å²) < 4.78 is 0. The summed E-state index contributed by atoms with van der Waals surface area (Å²) in [5, 5.41) is 6.68. The fourth-order valence-corrected chi connectivity index (χ4v) is 3.15. The highest BCUT2D eigenvalue weighted by molar-refractivity contribution is 14.0. The first kappa shape index (κ1) is 20.9. The molecule has 4 nitrogen and oxygen atoms in total. The summed E-state index contributed by atoms with van der Waals surface area (Å²) in [6, 6.07) is 10.5. The topological polar surface area (TPSA) is 40.5 Å². The summed E-state index contributed by atoms with van der Waals surface area (Å²) in [5.41, 5.74) is 2.41. The Labute approximate surface area is 166 Å². The Morgan fingerprint density at radius 3 is 2.67 bits per heavy atom. The van der Waals surface area contributed by atoms with E-state index in [0.717, 1.165) is 44.1 Å². The third-order valence-corrected chi connectivity index (χ3v) is 4.46. The number of thiazole rings is 1. The SMILES string of the molecule is CCNC(=NCCCc1nc(C)cs1)N(C)Cc1ccccc1.I. The van der Waals surface area contributed by atoms with E-state index < -0.39 is 0 Å². The minimum Gasteiger partial charge on any atom is -0.357 e. The van der Waals surface area contributed by atoms with Gasteiger partial charge in [-0.3, -0.25) is 4.99 Å². The molecule has 0 fully saturated rings.